The van der Waals surface area contributed by atoms with Gasteiger partial charge >= 0.3 is 0 Å². The van der Waals surface area contributed by atoms with Crippen molar-refractivity contribution < 1.29 is 4.74 Å². The van der Waals surface area contributed by atoms with Gasteiger partial charge in [0.2, 0.25) is 0 Å². The third-order valence-electron chi connectivity index (χ3n) is 3.52. The van der Waals surface area contributed by atoms with Gasteiger partial charge in [0, 0.05) is 15.6 Å². The topological polar surface area (TPSA) is 79.4 Å². The minimum Gasteiger partial charge on any atom is -0.489 e. The van der Waals surface area contributed by atoms with E-state index in [-0.39, 0.29) is 11.6 Å². The van der Waals surface area contributed by atoms with Gasteiger partial charge in [0.05, 0.1) is 12.4 Å². The zero-order chi connectivity index (χ0) is 19.2. The van der Waals surface area contributed by atoms with E-state index >= 15 is 0 Å². The lowest BCUT2D eigenvalue weighted by Crippen LogP contribution is -2.10. The molecule has 0 unspecified atom stereocenters. The molecule has 0 bridgehead atoms. The van der Waals surface area contributed by atoms with Crippen LogP contribution in [0.25, 0.3) is 0 Å². The van der Waals surface area contributed by atoms with Gasteiger partial charge in [-0.2, -0.15) is 10.2 Å². The van der Waals surface area contributed by atoms with Crippen LogP contribution < -0.4 is 15.7 Å². The first-order chi connectivity index (χ1) is 13.0. The Bertz CT molecular complexity index is 1000. The summed E-state index contributed by atoms with van der Waals surface area (Å²) in [6.45, 7) is 0.265. The summed E-state index contributed by atoms with van der Waals surface area (Å²) in [7, 11) is 0. The first-order valence-corrected chi connectivity index (χ1v) is 8.86. The number of aromatic amines is 1. The van der Waals surface area contributed by atoms with Crippen LogP contribution in [0.5, 0.6) is 5.75 Å². The Morgan fingerprint density at radius 1 is 1.11 bits per heavy atom. The molecule has 0 saturated carbocycles. The van der Waals surface area contributed by atoms with E-state index in [9.17, 15) is 4.79 Å². The third-order valence-corrected chi connectivity index (χ3v) is 4.60. The van der Waals surface area contributed by atoms with E-state index in [0.717, 1.165) is 11.1 Å². The van der Waals surface area contributed by atoms with Crippen molar-refractivity contribution in [3.63, 3.8) is 0 Å². The number of anilines is 1. The lowest BCUT2D eigenvalue weighted by atomic mass is 10.2. The highest BCUT2D eigenvalue weighted by Gasteiger charge is 2.06. The summed E-state index contributed by atoms with van der Waals surface area (Å²) in [5.41, 5.74) is 4.05. The monoisotopic (exact) mass is 422 g/mol. The van der Waals surface area contributed by atoms with E-state index in [1.54, 1.807) is 36.5 Å². The fourth-order valence-electron chi connectivity index (χ4n) is 2.11. The number of nitrogens with zero attached hydrogens (tertiary/aromatic N) is 2. The first kappa shape index (κ1) is 19.2. The molecule has 0 aliphatic carbocycles. The van der Waals surface area contributed by atoms with Crippen LogP contribution in [-0.4, -0.2) is 16.4 Å². The van der Waals surface area contributed by atoms with Gasteiger partial charge in [-0.25, -0.2) is 5.10 Å². The van der Waals surface area contributed by atoms with Crippen LogP contribution in [0.1, 0.15) is 11.1 Å². The number of nitrogens with one attached hydrogen (secondary N) is 2. The van der Waals surface area contributed by atoms with Gasteiger partial charge in [-0.15, -0.1) is 0 Å². The van der Waals surface area contributed by atoms with Crippen molar-refractivity contribution in [3.8, 4) is 5.75 Å². The van der Waals surface area contributed by atoms with Gasteiger partial charge in [0.25, 0.3) is 5.56 Å². The molecular weight excluding hydrogens is 411 g/mol. The van der Waals surface area contributed by atoms with Crippen molar-refractivity contribution in [2.45, 2.75) is 6.61 Å². The van der Waals surface area contributed by atoms with Crippen molar-refractivity contribution in [2.75, 3.05) is 5.43 Å². The van der Waals surface area contributed by atoms with E-state index in [0.29, 0.717) is 21.5 Å². The number of benzene rings is 2. The Labute approximate surface area is 169 Å². The molecule has 0 amide bonds. The number of ether oxygens (including phenoxy) is 1. The summed E-state index contributed by atoms with van der Waals surface area (Å²) in [5.74, 6) is 0.665. The molecule has 138 valence electrons. The first-order valence-electron chi connectivity index (χ1n) is 7.72. The van der Waals surface area contributed by atoms with Crippen LogP contribution in [0.4, 0.5) is 5.69 Å². The normalized spacial score (nSPS) is 10.9. The van der Waals surface area contributed by atoms with E-state index in [1.807, 2.05) is 12.1 Å². The lowest BCUT2D eigenvalue weighted by Gasteiger charge is -2.09. The Hall–Kier alpha value is -2.54. The number of halogens is 3. The third kappa shape index (κ3) is 5.01. The molecule has 0 saturated heterocycles. The summed E-state index contributed by atoms with van der Waals surface area (Å²) >= 11 is 18.1. The quantitative estimate of drug-likeness (QED) is 0.443. The van der Waals surface area contributed by atoms with Gasteiger partial charge < -0.3 is 4.74 Å². The molecule has 27 heavy (non-hydrogen) atoms. The smallest absolute Gasteiger partial charge is 0.285 e. The number of H-pyrrole nitrogens is 1. The van der Waals surface area contributed by atoms with Crippen molar-refractivity contribution in [1.82, 2.24) is 10.2 Å². The number of aromatic nitrogens is 2. The Morgan fingerprint density at radius 2 is 1.81 bits per heavy atom. The zero-order valence-electron chi connectivity index (χ0n) is 13.7. The molecule has 0 radical (unpaired) electrons. The highest BCUT2D eigenvalue weighted by molar-refractivity contribution is 6.36. The second-order valence-electron chi connectivity index (χ2n) is 5.35. The van der Waals surface area contributed by atoms with Crippen molar-refractivity contribution >= 4 is 46.7 Å². The van der Waals surface area contributed by atoms with Crippen LogP contribution >= 0.6 is 34.8 Å². The fraction of sp³-hybridized carbons (Fsp3) is 0.0556. The molecule has 6 nitrogen and oxygen atoms in total. The minimum atomic E-state index is -0.489. The molecular formula is C18H13Cl3N4O2. The zero-order valence-corrected chi connectivity index (χ0v) is 16.0. The SMILES string of the molecule is O=c1[nH]ncc(N/N=C/c2ccc(OCc3c(Cl)cccc3Cl)cc2)c1Cl. The second-order valence-corrected chi connectivity index (χ2v) is 6.55. The molecule has 0 aliphatic heterocycles. The molecule has 1 aromatic heterocycles. The highest BCUT2D eigenvalue weighted by atomic mass is 35.5. The van der Waals surface area contributed by atoms with E-state index in [2.05, 4.69) is 20.7 Å². The molecule has 0 fully saturated rings. The molecule has 0 spiro atoms. The number of hydrogen-bond donors (Lipinski definition) is 2. The predicted octanol–water partition coefficient (Wildman–Crippen LogP) is 4.76. The average Bonchev–Trinajstić information content (AvgIpc) is 2.66. The average molecular weight is 424 g/mol. The summed E-state index contributed by atoms with van der Waals surface area (Å²) in [5, 5.41) is 11.0. The molecule has 1 heterocycles. The van der Waals surface area contributed by atoms with E-state index in [1.165, 1.54) is 6.20 Å². The minimum absolute atomic E-state index is 0.0101. The van der Waals surface area contributed by atoms with Crippen LogP contribution in [0, 0.1) is 0 Å². The van der Waals surface area contributed by atoms with Gasteiger partial charge in [-0.05, 0) is 42.0 Å². The summed E-state index contributed by atoms with van der Waals surface area (Å²) in [4.78, 5) is 11.3. The van der Waals surface area contributed by atoms with Gasteiger partial charge in [-0.1, -0.05) is 40.9 Å². The van der Waals surface area contributed by atoms with Crippen molar-refractivity contribution in [2.24, 2.45) is 5.10 Å². The number of rotatable bonds is 6. The summed E-state index contributed by atoms with van der Waals surface area (Å²) < 4.78 is 5.72. The molecule has 3 aromatic rings. The molecule has 9 heteroatoms. The van der Waals surface area contributed by atoms with Gasteiger partial charge in [0.1, 0.15) is 23.1 Å². The Morgan fingerprint density at radius 3 is 2.52 bits per heavy atom. The Balaban J connectivity index is 1.60. The van der Waals surface area contributed by atoms with Crippen LogP contribution in [0.2, 0.25) is 15.1 Å². The number of hydrazone groups is 1. The molecule has 0 atom stereocenters. The maximum atomic E-state index is 11.3. The van der Waals surface area contributed by atoms with Crippen molar-refractivity contribution in [1.29, 1.82) is 0 Å². The molecule has 2 aromatic carbocycles. The van der Waals surface area contributed by atoms with Crippen LogP contribution in [-0.2, 0) is 6.61 Å². The summed E-state index contributed by atoms with van der Waals surface area (Å²) in [6, 6.07) is 12.6. The second kappa shape index (κ2) is 8.90. The maximum Gasteiger partial charge on any atom is 0.285 e. The van der Waals surface area contributed by atoms with E-state index in [4.69, 9.17) is 39.5 Å². The Kier molecular flexibility index (Phi) is 6.34. The number of hydrogen-bond acceptors (Lipinski definition) is 5. The largest absolute Gasteiger partial charge is 0.489 e. The molecule has 2 N–H and O–H groups in total. The van der Waals surface area contributed by atoms with Crippen LogP contribution in [0.15, 0.2) is 58.6 Å². The maximum absolute atomic E-state index is 11.3. The van der Waals surface area contributed by atoms with E-state index < -0.39 is 5.56 Å². The highest BCUT2D eigenvalue weighted by Crippen LogP contribution is 2.25. The molecule has 3 rings (SSSR count). The van der Waals surface area contributed by atoms with Gasteiger partial charge in [0.15, 0.2) is 0 Å². The fourth-order valence-corrected chi connectivity index (χ4v) is 2.75. The predicted molar refractivity (Wildman–Crippen MR) is 108 cm³/mol. The lowest BCUT2D eigenvalue weighted by molar-refractivity contribution is 0.306. The van der Waals surface area contributed by atoms with Crippen LogP contribution in [0.3, 0.4) is 0 Å². The standard InChI is InChI=1S/C18H13Cl3N4O2/c19-14-2-1-3-15(20)13(14)10-27-12-6-4-11(5-7-12)8-22-24-16-9-23-25-18(26)17(16)21/h1-9H,10H2,(H2,24,25,26)/b22-8+. The molecule has 0 aliphatic rings. The summed E-state index contributed by atoms with van der Waals surface area (Å²) in [6.07, 6.45) is 2.95. The van der Waals surface area contributed by atoms with Crippen molar-refractivity contribution in [3.05, 3.63) is 85.2 Å². The van der Waals surface area contributed by atoms with Gasteiger partial charge in [-0.3, -0.25) is 10.2 Å².